The highest BCUT2D eigenvalue weighted by Crippen LogP contribution is 2.26. The molecule has 2 aromatic rings. The average molecular weight is 272 g/mol. The Balaban J connectivity index is 2.12. The number of hydrogen-bond acceptors (Lipinski definition) is 5. The van der Waals surface area contributed by atoms with Gasteiger partial charge in [-0.05, 0) is 31.8 Å². The zero-order valence-corrected chi connectivity index (χ0v) is 12.1. The van der Waals surface area contributed by atoms with Gasteiger partial charge in [0.1, 0.15) is 5.75 Å². The van der Waals surface area contributed by atoms with E-state index in [2.05, 4.69) is 46.4 Å². The highest BCUT2D eigenvalue weighted by molar-refractivity contribution is 5.58. The molecule has 0 aliphatic carbocycles. The molecule has 0 saturated carbocycles. The van der Waals surface area contributed by atoms with E-state index in [1.807, 2.05) is 6.07 Å². The van der Waals surface area contributed by atoms with Crippen LogP contribution < -0.4 is 10.1 Å². The van der Waals surface area contributed by atoms with Gasteiger partial charge in [0.05, 0.1) is 31.2 Å². The topological polar surface area (TPSA) is 50.3 Å². The molecule has 1 heterocycles. The van der Waals surface area contributed by atoms with Crippen LogP contribution in [-0.2, 0) is 13.1 Å². The summed E-state index contributed by atoms with van der Waals surface area (Å²) in [4.78, 5) is 10.4. The molecule has 5 heteroatoms. The molecule has 0 unspecified atom stereocenters. The van der Waals surface area contributed by atoms with Gasteiger partial charge in [0.2, 0.25) is 0 Å². The lowest BCUT2D eigenvalue weighted by Gasteiger charge is -2.15. The van der Waals surface area contributed by atoms with E-state index < -0.39 is 0 Å². The van der Waals surface area contributed by atoms with Crippen molar-refractivity contribution in [2.75, 3.05) is 26.5 Å². The molecule has 20 heavy (non-hydrogen) atoms. The van der Waals surface area contributed by atoms with Crippen molar-refractivity contribution in [2.24, 2.45) is 0 Å². The molecular weight excluding hydrogens is 252 g/mol. The summed E-state index contributed by atoms with van der Waals surface area (Å²) < 4.78 is 5.38. The van der Waals surface area contributed by atoms with Crippen LogP contribution in [0.25, 0.3) is 0 Å². The zero-order chi connectivity index (χ0) is 14.4. The van der Waals surface area contributed by atoms with Gasteiger partial charge in [-0.1, -0.05) is 6.07 Å². The molecule has 0 amide bonds. The van der Waals surface area contributed by atoms with Gasteiger partial charge in [0, 0.05) is 18.9 Å². The standard InChI is InChI=1S/C15H20N4O/c1-19(2)11-12-4-5-15(20-3)14(8-12)18-10-13-9-16-6-7-17-13/h4-9,18H,10-11H2,1-3H3. The maximum atomic E-state index is 5.38. The molecular formula is C15H20N4O. The summed E-state index contributed by atoms with van der Waals surface area (Å²) in [5.74, 6) is 0.830. The van der Waals surface area contributed by atoms with Crippen LogP contribution in [0.4, 0.5) is 5.69 Å². The first-order valence-electron chi connectivity index (χ1n) is 6.49. The van der Waals surface area contributed by atoms with Gasteiger partial charge in [-0.25, -0.2) is 0 Å². The molecule has 1 aromatic carbocycles. The molecule has 106 valence electrons. The van der Waals surface area contributed by atoms with E-state index in [1.54, 1.807) is 25.7 Å². The Morgan fingerprint density at radius 2 is 2.10 bits per heavy atom. The molecule has 2 rings (SSSR count). The first-order valence-corrected chi connectivity index (χ1v) is 6.49. The zero-order valence-electron chi connectivity index (χ0n) is 12.1. The van der Waals surface area contributed by atoms with Crippen LogP contribution in [0.15, 0.2) is 36.8 Å². The second-order valence-electron chi connectivity index (χ2n) is 4.82. The molecule has 0 saturated heterocycles. The van der Waals surface area contributed by atoms with Crippen LogP contribution in [0.1, 0.15) is 11.3 Å². The van der Waals surface area contributed by atoms with E-state index in [1.165, 1.54) is 5.56 Å². The second-order valence-corrected chi connectivity index (χ2v) is 4.82. The van der Waals surface area contributed by atoms with Crippen LogP contribution in [0, 0.1) is 0 Å². The molecule has 1 N–H and O–H groups in total. The van der Waals surface area contributed by atoms with Crippen molar-refractivity contribution in [3.63, 3.8) is 0 Å². The summed E-state index contributed by atoms with van der Waals surface area (Å²) in [5, 5.41) is 3.35. The van der Waals surface area contributed by atoms with Crippen LogP contribution in [0.2, 0.25) is 0 Å². The predicted molar refractivity (Wildman–Crippen MR) is 79.7 cm³/mol. The number of methoxy groups -OCH3 is 1. The van der Waals surface area contributed by atoms with E-state index in [9.17, 15) is 0 Å². The summed E-state index contributed by atoms with van der Waals surface area (Å²) >= 11 is 0. The highest BCUT2D eigenvalue weighted by Gasteiger charge is 2.05. The van der Waals surface area contributed by atoms with Gasteiger partial charge in [-0.15, -0.1) is 0 Å². The minimum absolute atomic E-state index is 0.621. The van der Waals surface area contributed by atoms with E-state index in [0.717, 1.165) is 23.7 Å². The van der Waals surface area contributed by atoms with Gasteiger partial charge in [-0.2, -0.15) is 0 Å². The largest absolute Gasteiger partial charge is 0.495 e. The molecule has 0 fully saturated rings. The Labute approximate surface area is 119 Å². The van der Waals surface area contributed by atoms with E-state index in [-0.39, 0.29) is 0 Å². The minimum atomic E-state index is 0.621. The molecule has 0 bridgehead atoms. The first kappa shape index (κ1) is 14.3. The van der Waals surface area contributed by atoms with Gasteiger partial charge in [-0.3, -0.25) is 9.97 Å². The third-order valence-corrected chi connectivity index (χ3v) is 2.84. The van der Waals surface area contributed by atoms with Crippen LogP contribution in [0.5, 0.6) is 5.75 Å². The molecule has 0 aliphatic heterocycles. The maximum Gasteiger partial charge on any atom is 0.141 e. The number of ether oxygens (including phenoxy) is 1. The third kappa shape index (κ3) is 3.93. The van der Waals surface area contributed by atoms with Crippen molar-refractivity contribution in [1.29, 1.82) is 0 Å². The predicted octanol–water partition coefficient (Wildman–Crippen LogP) is 2.16. The van der Waals surface area contributed by atoms with E-state index >= 15 is 0 Å². The minimum Gasteiger partial charge on any atom is -0.495 e. The van der Waals surface area contributed by atoms with Gasteiger partial charge in [0.15, 0.2) is 0 Å². The Hall–Kier alpha value is -2.14. The lowest BCUT2D eigenvalue weighted by molar-refractivity contribution is 0.400. The lowest BCUT2D eigenvalue weighted by Crippen LogP contribution is -2.11. The number of benzene rings is 1. The molecule has 1 aromatic heterocycles. The Kier molecular flexibility index (Phi) is 4.90. The monoisotopic (exact) mass is 272 g/mol. The Morgan fingerprint density at radius 1 is 1.25 bits per heavy atom. The number of anilines is 1. The molecule has 0 radical (unpaired) electrons. The summed E-state index contributed by atoms with van der Waals surface area (Å²) in [5.41, 5.74) is 3.10. The fourth-order valence-corrected chi connectivity index (χ4v) is 1.96. The SMILES string of the molecule is COc1ccc(CN(C)C)cc1NCc1cnccn1. The van der Waals surface area contributed by atoms with Crippen molar-refractivity contribution in [1.82, 2.24) is 14.9 Å². The summed E-state index contributed by atoms with van der Waals surface area (Å²) in [6.07, 6.45) is 5.11. The summed E-state index contributed by atoms with van der Waals surface area (Å²) in [6.45, 7) is 1.51. The number of hydrogen-bond donors (Lipinski definition) is 1. The van der Waals surface area contributed by atoms with Crippen molar-refractivity contribution in [2.45, 2.75) is 13.1 Å². The van der Waals surface area contributed by atoms with Crippen LogP contribution >= 0.6 is 0 Å². The van der Waals surface area contributed by atoms with Crippen molar-refractivity contribution >= 4 is 5.69 Å². The van der Waals surface area contributed by atoms with E-state index in [0.29, 0.717) is 6.54 Å². The van der Waals surface area contributed by atoms with E-state index in [4.69, 9.17) is 4.74 Å². The normalized spacial score (nSPS) is 10.6. The quantitative estimate of drug-likeness (QED) is 0.873. The van der Waals surface area contributed by atoms with Crippen molar-refractivity contribution in [3.8, 4) is 5.75 Å². The lowest BCUT2D eigenvalue weighted by atomic mass is 10.1. The number of aromatic nitrogens is 2. The number of nitrogens with zero attached hydrogens (tertiary/aromatic N) is 3. The third-order valence-electron chi connectivity index (χ3n) is 2.84. The molecule has 0 spiro atoms. The fraction of sp³-hybridized carbons (Fsp3) is 0.333. The van der Waals surface area contributed by atoms with Crippen LogP contribution in [-0.4, -0.2) is 36.1 Å². The van der Waals surface area contributed by atoms with Crippen molar-refractivity contribution in [3.05, 3.63) is 48.0 Å². The van der Waals surface area contributed by atoms with Gasteiger partial charge < -0.3 is 15.0 Å². The Morgan fingerprint density at radius 3 is 2.75 bits per heavy atom. The number of nitrogens with one attached hydrogen (secondary N) is 1. The molecule has 5 nitrogen and oxygen atoms in total. The smallest absolute Gasteiger partial charge is 0.141 e. The summed E-state index contributed by atoms with van der Waals surface area (Å²) in [6, 6.07) is 6.17. The first-order chi connectivity index (χ1) is 9.69. The molecule has 0 aliphatic rings. The highest BCUT2D eigenvalue weighted by atomic mass is 16.5. The van der Waals surface area contributed by atoms with Gasteiger partial charge >= 0.3 is 0 Å². The van der Waals surface area contributed by atoms with Crippen molar-refractivity contribution < 1.29 is 4.74 Å². The van der Waals surface area contributed by atoms with Crippen LogP contribution in [0.3, 0.4) is 0 Å². The maximum absolute atomic E-state index is 5.38. The van der Waals surface area contributed by atoms with Gasteiger partial charge in [0.25, 0.3) is 0 Å². The fourth-order valence-electron chi connectivity index (χ4n) is 1.96. The second kappa shape index (κ2) is 6.86. The average Bonchev–Trinajstić information content (AvgIpc) is 2.46. The number of rotatable bonds is 6. The molecule has 0 atom stereocenters. The summed E-state index contributed by atoms with van der Waals surface area (Å²) in [7, 11) is 5.78. The Bertz CT molecular complexity index is 543.